The third-order valence-corrected chi connectivity index (χ3v) is 7.98. The van der Waals surface area contributed by atoms with E-state index in [0.29, 0.717) is 11.7 Å². The SMILES string of the molecule is C=CCC1CC(C(=O)c2ccc3c(c2)c2c(n3C)CCC(C3CCOCC3)C2)C1. The van der Waals surface area contributed by atoms with E-state index in [0.717, 1.165) is 56.3 Å². The molecule has 0 bridgehead atoms. The van der Waals surface area contributed by atoms with Crippen LogP contribution in [0.4, 0.5) is 0 Å². The summed E-state index contributed by atoms with van der Waals surface area (Å²) in [5.74, 6) is 2.79. The van der Waals surface area contributed by atoms with Gasteiger partial charge in [-0.25, -0.2) is 0 Å². The van der Waals surface area contributed by atoms with E-state index in [-0.39, 0.29) is 5.92 Å². The quantitative estimate of drug-likeness (QED) is 0.498. The summed E-state index contributed by atoms with van der Waals surface area (Å²) < 4.78 is 7.97. The number of allylic oxidation sites excluding steroid dienone is 1. The lowest BCUT2D eigenvalue weighted by molar-refractivity contribution is 0.0439. The maximum atomic E-state index is 13.1. The highest BCUT2D eigenvalue weighted by Crippen LogP contribution is 2.41. The Morgan fingerprint density at radius 2 is 2.00 bits per heavy atom. The molecule has 3 aliphatic rings. The molecule has 1 saturated heterocycles. The van der Waals surface area contributed by atoms with Gasteiger partial charge in [-0.15, -0.1) is 6.58 Å². The third-order valence-electron chi connectivity index (χ3n) is 7.98. The van der Waals surface area contributed by atoms with Crippen LogP contribution in [-0.2, 0) is 24.6 Å². The Morgan fingerprint density at radius 1 is 1.21 bits per heavy atom. The molecule has 3 heteroatoms. The topological polar surface area (TPSA) is 31.2 Å². The van der Waals surface area contributed by atoms with Gasteiger partial charge in [-0.3, -0.25) is 4.79 Å². The standard InChI is InChI=1S/C26H33NO2/c1-3-4-17-13-21(14-17)26(28)20-6-8-25-23(16-20)22-15-19(5-7-24(22)27(25)2)18-9-11-29-12-10-18/h3,6,8,16-19,21H,1,4-5,7,9-15H2,2H3. The summed E-state index contributed by atoms with van der Waals surface area (Å²) in [7, 11) is 2.20. The first-order chi connectivity index (χ1) is 14.2. The van der Waals surface area contributed by atoms with Gasteiger partial charge in [0.25, 0.3) is 0 Å². The summed E-state index contributed by atoms with van der Waals surface area (Å²) in [4.78, 5) is 13.1. The number of hydrogen-bond donors (Lipinski definition) is 0. The monoisotopic (exact) mass is 391 g/mol. The molecule has 0 N–H and O–H groups in total. The van der Waals surface area contributed by atoms with Crippen LogP contribution in [0.15, 0.2) is 30.9 Å². The van der Waals surface area contributed by atoms with Crippen molar-refractivity contribution in [1.29, 1.82) is 0 Å². The average Bonchev–Trinajstić information content (AvgIpc) is 3.02. The van der Waals surface area contributed by atoms with Gasteiger partial charge in [0.2, 0.25) is 0 Å². The Labute approximate surface area is 174 Å². The van der Waals surface area contributed by atoms with Gasteiger partial charge in [-0.2, -0.15) is 0 Å². The fraction of sp³-hybridized carbons (Fsp3) is 0.577. The minimum absolute atomic E-state index is 0.215. The van der Waals surface area contributed by atoms with E-state index in [1.165, 1.54) is 47.8 Å². The van der Waals surface area contributed by atoms with Crippen LogP contribution in [0, 0.1) is 23.7 Å². The van der Waals surface area contributed by atoms with E-state index >= 15 is 0 Å². The lowest BCUT2D eigenvalue weighted by Crippen LogP contribution is -2.30. The fourth-order valence-electron chi connectivity index (χ4n) is 6.16. The van der Waals surface area contributed by atoms with E-state index in [2.05, 4.69) is 36.4 Å². The van der Waals surface area contributed by atoms with E-state index in [9.17, 15) is 4.79 Å². The third kappa shape index (κ3) is 3.38. The number of rotatable bonds is 5. The molecule has 1 aliphatic heterocycles. The van der Waals surface area contributed by atoms with Crippen molar-refractivity contribution >= 4 is 16.7 Å². The van der Waals surface area contributed by atoms with Crippen LogP contribution >= 0.6 is 0 Å². The van der Waals surface area contributed by atoms with Crippen molar-refractivity contribution in [3.63, 3.8) is 0 Å². The average molecular weight is 392 g/mol. The van der Waals surface area contributed by atoms with Crippen LogP contribution in [0.25, 0.3) is 10.9 Å². The van der Waals surface area contributed by atoms with Crippen molar-refractivity contribution in [3.05, 3.63) is 47.7 Å². The first-order valence-electron chi connectivity index (χ1n) is 11.5. The summed E-state index contributed by atoms with van der Waals surface area (Å²) in [6.07, 6.45) is 11.1. The smallest absolute Gasteiger partial charge is 0.165 e. The van der Waals surface area contributed by atoms with Gasteiger partial charge in [0.15, 0.2) is 5.78 Å². The number of nitrogens with zero attached hydrogens (tertiary/aromatic N) is 1. The van der Waals surface area contributed by atoms with Crippen LogP contribution in [-0.4, -0.2) is 23.6 Å². The van der Waals surface area contributed by atoms with E-state index in [1.54, 1.807) is 0 Å². The van der Waals surface area contributed by atoms with Gasteiger partial charge in [0.1, 0.15) is 0 Å². The lowest BCUT2D eigenvalue weighted by atomic mass is 9.70. The minimum Gasteiger partial charge on any atom is -0.381 e. The second kappa shape index (κ2) is 7.75. The van der Waals surface area contributed by atoms with E-state index < -0.39 is 0 Å². The van der Waals surface area contributed by atoms with Crippen molar-refractivity contribution in [1.82, 2.24) is 4.57 Å². The Kier molecular flexibility index (Phi) is 5.11. The van der Waals surface area contributed by atoms with Crippen LogP contribution in [0.3, 0.4) is 0 Å². The second-order valence-corrected chi connectivity index (χ2v) is 9.59. The highest BCUT2D eigenvalue weighted by atomic mass is 16.5. The molecule has 2 heterocycles. The molecule has 154 valence electrons. The molecule has 29 heavy (non-hydrogen) atoms. The van der Waals surface area contributed by atoms with E-state index in [4.69, 9.17) is 4.74 Å². The highest BCUT2D eigenvalue weighted by molar-refractivity contribution is 6.02. The van der Waals surface area contributed by atoms with Gasteiger partial charge >= 0.3 is 0 Å². The number of Topliss-reactive ketones (excluding diaryl/α,β-unsaturated/α-hetero) is 1. The number of fused-ring (bicyclic) bond motifs is 3. The molecule has 3 nitrogen and oxygen atoms in total. The Hall–Kier alpha value is -1.87. The van der Waals surface area contributed by atoms with Gasteiger partial charge in [0, 0.05) is 48.3 Å². The molecule has 0 radical (unpaired) electrons. The molecule has 1 aromatic carbocycles. The highest BCUT2D eigenvalue weighted by Gasteiger charge is 2.35. The molecule has 0 spiro atoms. The summed E-state index contributed by atoms with van der Waals surface area (Å²) in [5.41, 5.74) is 5.21. The largest absolute Gasteiger partial charge is 0.381 e. The van der Waals surface area contributed by atoms with Crippen molar-refractivity contribution in [2.75, 3.05) is 13.2 Å². The number of aryl methyl sites for hydroxylation is 1. The maximum Gasteiger partial charge on any atom is 0.165 e. The minimum atomic E-state index is 0.215. The number of ketones is 1. The molecule has 2 fully saturated rings. The zero-order valence-electron chi connectivity index (χ0n) is 17.7. The van der Waals surface area contributed by atoms with Crippen LogP contribution < -0.4 is 0 Å². The number of carbonyl (C=O) groups is 1. The zero-order chi connectivity index (χ0) is 20.0. The number of carbonyl (C=O) groups excluding carboxylic acids is 1. The van der Waals surface area contributed by atoms with Gasteiger partial charge in [-0.1, -0.05) is 6.08 Å². The summed E-state index contributed by atoms with van der Waals surface area (Å²) >= 11 is 0. The first kappa shape index (κ1) is 19.1. The van der Waals surface area contributed by atoms with Gasteiger partial charge < -0.3 is 9.30 Å². The molecule has 2 aliphatic carbocycles. The van der Waals surface area contributed by atoms with Crippen molar-refractivity contribution in [2.24, 2.45) is 30.7 Å². The first-order valence-corrected chi connectivity index (χ1v) is 11.5. The van der Waals surface area contributed by atoms with Crippen LogP contribution in [0.5, 0.6) is 0 Å². The Morgan fingerprint density at radius 3 is 2.76 bits per heavy atom. The Bertz CT molecular complexity index is 928. The molecule has 2 aromatic rings. The van der Waals surface area contributed by atoms with Crippen molar-refractivity contribution in [3.8, 4) is 0 Å². The molecule has 1 unspecified atom stereocenters. The molecule has 0 amide bonds. The van der Waals surface area contributed by atoms with Gasteiger partial charge in [0.05, 0.1) is 0 Å². The maximum absolute atomic E-state index is 13.1. The normalized spacial score (nSPS) is 27.4. The number of hydrogen-bond acceptors (Lipinski definition) is 2. The van der Waals surface area contributed by atoms with Crippen molar-refractivity contribution in [2.45, 2.75) is 51.4 Å². The predicted octanol–water partition coefficient (Wildman–Crippen LogP) is 5.49. The lowest BCUT2D eigenvalue weighted by Gasteiger charge is -2.34. The predicted molar refractivity (Wildman–Crippen MR) is 117 cm³/mol. The molecule has 1 saturated carbocycles. The Balaban J connectivity index is 1.41. The van der Waals surface area contributed by atoms with Crippen LogP contribution in [0.1, 0.15) is 60.1 Å². The fourth-order valence-corrected chi connectivity index (χ4v) is 6.16. The molecule has 5 rings (SSSR count). The summed E-state index contributed by atoms with van der Waals surface area (Å²) in [6.45, 7) is 5.69. The number of ether oxygens (including phenoxy) is 1. The zero-order valence-corrected chi connectivity index (χ0v) is 17.7. The second-order valence-electron chi connectivity index (χ2n) is 9.59. The molecule has 1 aromatic heterocycles. The number of aromatic nitrogens is 1. The van der Waals surface area contributed by atoms with Crippen molar-refractivity contribution < 1.29 is 9.53 Å². The molecular formula is C26H33NO2. The molecule has 1 atom stereocenters. The molecular weight excluding hydrogens is 358 g/mol. The van der Waals surface area contributed by atoms with Crippen LogP contribution in [0.2, 0.25) is 0 Å². The summed E-state index contributed by atoms with van der Waals surface area (Å²) in [5, 5.41) is 1.33. The summed E-state index contributed by atoms with van der Waals surface area (Å²) in [6, 6.07) is 6.46. The number of benzene rings is 1. The van der Waals surface area contributed by atoms with Gasteiger partial charge in [-0.05, 0) is 92.9 Å². The van der Waals surface area contributed by atoms with E-state index in [1.807, 2.05) is 6.08 Å².